The maximum Gasteiger partial charge on any atom is 0.308 e. The third-order valence-electron chi connectivity index (χ3n) is 3.50. The standard InChI is InChI=1S/C17H23N3O4/c1-17(2,3)24-16(21)7-8-19-14(11-18-4)10-12-9-13(20(22)23)5-6-15(12)19/h5-6,9-10,18H,7-8,11H2,1-4H3. The molecule has 0 amide bonds. The fraction of sp³-hybridized carbons (Fsp3) is 0.471. The molecule has 1 aromatic heterocycles. The fourth-order valence-electron chi connectivity index (χ4n) is 2.62. The number of aryl methyl sites for hydroxylation is 1. The van der Waals surface area contributed by atoms with Crippen molar-refractivity contribution in [1.29, 1.82) is 0 Å². The number of nitrogens with zero attached hydrogens (tertiary/aromatic N) is 2. The number of hydrogen-bond donors (Lipinski definition) is 1. The number of benzene rings is 1. The van der Waals surface area contributed by atoms with E-state index in [1.54, 1.807) is 12.1 Å². The van der Waals surface area contributed by atoms with Crippen LogP contribution in [0, 0.1) is 10.1 Å². The number of ether oxygens (including phenoxy) is 1. The highest BCUT2D eigenvalue weighted by Crippen LogP contribution is 2.25. The minimum absolute atomic E-state index is 0.0581. The van der Waals surface area contributed by atoms with Gasteiger partial charge in [-0.25, -0.2) is 0 Å². The molecule has 1 N–H and O–H groups in total. The van der Waals surface area contributed by atoms with Gasteiger partial charge in [0, 0.05) is 41.8 Å². The second-order valence-corrected chi connectivity index (χ2v) is 6.65. The average molecular weight is 333 g/mol. The van der Waals surface area contributed by atoms with Gasteiger partial charge in [-0.2, -0.15) is 0 Å². The van der Waals surface area contributed by atoms with Crippen LogP contribution in [0.15, 0.2) is 24.3 Å². The van der Waals surface area contributed by atoms with Crippen molar-refractivity contribution in [1.82, 2.24) is 9.88 Å². The van der Waals surface area contributed by atoms with Crippen molar-refractivity contribution in [3.05, 3.63) is 40.1 Å². The van der Waals surface area contributed by atoms with Gasteiger partial charge in [0.25, 0.3) is 5.69 Å². The smallest absolute Gasteiger partial charge is 0.308 e. The first-order valence-corrected chi connectivity index (χ1v) is 7.84. The molecule has 24 heavy (non-hydrogen) atoms. The van der Waals surface area contributed by atoms with Gasteiger partial charge in [-0.05, 0) is 40.0 Å². The Morgan fingerprint density at radius 2 is 2.04 bits per heavy atom. The van der Waals surface area contributed by atoms with Gasteiger partial charge in [-0.3, -0.25) is 14.9 Å². The maximum atomic E-state index is 12.0. The van der Waals surface area contributed by atoms with E-state index in [-0.39, 0.29) is 18.1 Å². The van der Waals surface area contributed by atoms with E-state index in [9.17, 15) is 14.9 Å². The summed E-state index contributed by atoms with van der Waals surface area (Å²) >= 11 is 0. The summed E-state index contributed by atoms with van der Waals surface area (Å²) in [6.45, 7) is 6.58. The Kier molecular flexibility index (Phi) is 5.23. The summed E-state index contributed by atoms with van der Waals surface area (Å²) < 4.78 is 7.34. The van der Waals surface area contributed by atoms with E-state index in [1.807, 2.05) is 38.5 Å². The summed E-state index contributed by atoms with van der Waals surface area (Å²) in [6, 6.07) is 6.67. The third-order valence-corrected chi connectivity index (χ3v) is 3.50. The highest BCUT2D eigenvalue weighted by molar-refractivity contribution is 5.84. The zero-order valence-corrected chi connectivity index (χ0v) is 14.5. The lowest BCUT2D eigenvalue weighted by molar-refractivity contribution is -0.384. The number of esters is 1. The number of carbonyl (C=O) groups excluding carboxylic acids is 1. The van der Waals surface area contributed by atoms with Gasteiger partial charge in [0.2, 0.25) is 0 Å². The number of non-ortho nitro benzene ring substituents is 1. The molecule has 0 unspecified atom stereocenters. The lowest BCUT2D eigenvalue weighted by Gasteiger charge is -2.20. The summed E-state index contributed by atoms with van der Waals surface area (Å²) in [5.74, 6) is -0.262. The first kappa shape index (κ1) is 17.9. The Labute approximate surface area is 140 Å². The van der Waals surface area contributed by atoms with Gasteiger partial charge in [0.05, 0.1) is 11.3 Å². The third kappa shape index (κ3) is 4.32. The molecule has 2 aromatic rings. The lowest BCUT2D eigenvalue weighted by atomic mass is 10.2. The largest absolute Gasteiger partial charge is 0.460 e. The van der Waals surface area contributed by atoms with Gasteiger partial charge >= 0.3 is 5.97 Å². The van der Waals surface area contributed by atoms with Crippen molar-refractivity contribution in [2.45, 2.75) is 45.9 Å². The van der Waals surface area contributed by atoms with E-state index in [2.05, 4.69) is 5.32 Å². The second-order valence-electron chi connectivity index (χ2n) is 6.65. The number of aromatic nitrogens is 1. The van der Waals surface area contributed by atoms with Crippen molar-refractivity contribution in [3.63, 3.8) is 0 Å². The predicted molar refractivity (Wildman–Crippen MR) is 91.8 cm³/mol. The Morgan fingerprint density at radius 3 is 2.62 bits per heavy atom. The van der Waals surface area contributed by atoms with E-state index >= 15 is 0 Å². The van der Waals surface area contributed by atoms with Crippen molar-refractivity contribution in [2.24, 2.45) is 0 Å². The second kappa shape index (κ2) is 7.00. The number of rotatable bonds is 6. The molecule has 1 heterocycles. The predicted octanol–water partition coefficient (Wildman–Crippen LogP) is 3.00. The zero-order chi connectivity index (χ0) is 17.9. The Balaban J connectivity index is 2.28. The number of nitrogens with one attached hydrogen (secondary N) is 1. The highest BCUT2D eigenvalue weighted by Gasteiger charge is 2.18. The molecule has 0 atom stereocenters. The minimum Gasteiger partial charge on any atom is -0.460 e. The number of nitro benzene ring substituents is 1. The van der Waals surface area contributed by atoms with Crippen LogP contribution in [0.3, 0.4) is 0 Å². The van der Waals surface area contributed by atoms with Gasteiger partial charge in [-0.1, -0.05) is 0 Å². The minimum atomic E-state index is -0.510. The number of nitro groups is 1. The highest BCUT2D eigenvalue weighted by atomic mass is 16.6. The van der Waals surface area contributed by atoms with Gasteiger partial charge < -0.3 is 14.6 Å². The molecule has 7 heteroatoms. The van der Waals surface area contributed by atoms with E-state index in [0.717, 1.165) is 16.6 Å². The monoisotopic (exact) mass is 333 g/mol. The van der Waals surface area contributed by atoms with Gasteiger partial charge in [0.1, 0.15) is 5.60 Å². The van der Waals surface area contributed by atoms with Crippen LogP contribution in [0.25, 0.3) is 10.9 Å². The molecular formula is C17H23N3O4. The Morgan fingerprint density at radius 1 is 1.33 bits per heavy atom. The summed E-state index contributed by atoms with van der Waals surface area (Å²) in [7, 11) is 1.83. The van der Waals surface area contributed by atoms with E-state index in [0.29, 0.717) is 13.1 Å². The normalized spacial score (nSPS) is 11.7. The number of carbonyl (C=O) groups is 1. The lowest BCUT2D eigenvalue weighted by Crippen LogP contribution is -2.24. The van der Waals surface area contributed by atoms with Crippen LogP contribution < -0.4 is 5.32 Å². The molecule has 130 valence electrons. The van der Waals surface area contributed by atoms with Crippen LogP contribution in [-0.4, -0.2) is 28.1 Å². The van der Waals surface area contributed by atoms with E-state index in [1.165, 1.54) is 6.07 Å². The summed E-state index contributed by atoms with van der Waals surface area (Å²) in [5, 5.41) is 14.8. The molecule has 1 aromatic carbocycles. The topological polar surface area (TPSA) is 86.4 Å². The molecule has 2 rings (SSSR count). The molecule has 0 saturated heterocycles. The van der Waals surface area contributed by atoms with Crippen molar-refractivity contribution in [3.8, 4) is 0 Å². The van der Waals surface area contributed by atoms with E-state index < -0.39 is 10.5 Å². The SMILES string of the molecule is CNCc1cc2cc([N+](=O)[O-])ccc2n1CCC(=O)OC(C)(C)C. The van der Waals surface area contributed by atoms with Gasteiger partial charge in [0.15, 0.2) is 0 Å². The summed E-state index contributed by atoms with van der Waals surface area (Å²) in [4.78, 5) is 22.5. The fourth-order valence-corrected chi connectivity index (χ4v) is 2.62. The maximum absolute atomic E-state index is 12.0. The van der Waals surface area contributed by atoms with Crippen molar-refractivity contribution < 1.29 is 14.5 Å². The van der Waals surface area contributed by atoms with Crippen molar-refractivity contribution in [2.75, 3.05) is 7.05 Å². The number of fused-ring (bicyclic) bond motifs is 1. The van der Waals surface area contributed by atoms with Crippen LogP contribution in [0.5, 0.6) is 0 Å². The zero-order valence-electron chi connectivity index (χ0n) is 14.5. The van der Waals surface area contributed by atoms with Crippen LogP contribution in [-0.2, 0) is 22.6 Å². The Bertz CT molecular complexity index is 759. The van der Waals surface area contributed by atoms with Gasteiger partial charge in [-0.15, -0.1) is 0 Å². The molecule has 0 radical (unpaired) electrons. The molecule has 0 saturated carbocycles. The molecule has 0 bridgehead atoms. The number of hydrogen-bond acceptors (Lipinski definition) is 5. The molecular weight excluding hydrogens is 310 g/mol. The summed E-state index contributed by atoms with van der Waals surface area (Å²) in [5.41, 5.74) is 1.39. The average Bonchev–Trinajstić information content (AvgIpc) is 2.80. The van der Waals surface area contributed by atoms with E-state index in [4.69, 9.17) is 4.74 Å². The Hall–Kier alpha value is -2.41. The first-order chi connectivity index (χ1) is 11.2. The molecule has 0 aliphatic carbocycles. The van der Waals surface area contributed by atoms with Crippen LogP contribution in [0.2, 0.25) is 0 Å². The summed E-state index contributed by atoms with van der Waals surface area (Å²) in [6.07, 6.45) is 0.245. The van der Waals surface area contributed by atoms with Crippen molar-refractivity contribution >= 4 is 22.6 Å². The molecule has 0 aliphatic rings. The molecule has 0 fully saturated rings. The van der Waals surface area contributed by atoms with Crippen LogP contribution in [0.1, 0.15) is 32.9 Å². The van der Waals surface area contributed by atoms with Crippen LogP contribution in [0.4, 0.5) is 5.69 Å². The first-order valence-electron chi connectivity index (χ1n) is 7.84. The van der Waals surface area contributed by atoms with Crippen LogP contribution >= 0.6 is 0 Å². The quantitative estimate of drug-likeness (QED) is 0.499. The molecule has 0 aliphatic heterocycles. The molecule has 0 spiro atoms. The molecule has 7 nitrogen and oxygen atoms in total.